The first kappa shape index (κ1) is 9.86. The van der Waals surface area contributed by atoms with Gasteiger partial charge in [-0.05, 0) is 20.0 Å². The second-order valence-corrected chi connectivity index (χ2v) is 2.91. The molecule has 0 aliphatic carbocycles. The Hall–Kier alpha value is -1.22. The highest BCUT2D eigenvalue weighted by molar-refractivity contribution is 5.46. The van der Waals surface area contributed by atoms with Gasteiger partial charge in [0.05, 0.1) is 7.11 Å². The molecule has 0 fully saturated rings. The van der Waals surface area contributed by atoms with Gasteiger partial charge in [-0.3, -0.25) is 0 Å². The second-order valence-electron chi connectivity index (χ2n) is 2.91. The molecule has 0 amide bonds. The lowest BCUT2D eigenvalue weighted by Crippen LogP contribution is -2.13. The molecule has 3 heteroatoms. The SMILES string of the molecule is CNC(C)c1cccc(O)c1OC. The Morgan fingerprint density at radius 2 is 2.15 bits per heavy atom. The van der Waals surface area contributed by atoms with Gasteiger partial charge < -0.3 is 15.2 Å². The van der Waals surface area contributed by atoms with E-state index in [9.17, 15) is 5.11 Å². The summed E-state index contributed by atoms with van der Waals surface area (Å²) < 4.78 is 5.11. The van der Waals surface area contributed by atoms with Crippen molar-refractivity contribution in [1.29, 1.82) is 0 Å². The summed E-state index contributed by atoms with van der Waals surface area (Å²) in [5, 5.41) is 12.6. The second kappa shape index (κ2) is 4.14. The maximum Gasteiger partial charge on any atom is 0.165 e. The zero-order valence-electron chi connectivity index (χ0n) is 8.16. The van der Waals surface area contributed by atoms with Crippen LogP contribution in [0.2, 0.25) is 0 Å². The number of para-hydroxylation sites is 1. The molecule has 0 spiro atoms. The minimum Gasteiger partial charge on any atom is -0.504 e. The van der Waals surface area contributed by atoms with Crippen molar-refractivity contribution in [2.24, 2.45) is 0 Å². The lowest BCUT2D eigenvalue weighted by atomic mass is 10.1. The predicted octanol–water partition coefficient (Wildman–Crippen LogP) is 1.68. The number of benzene rings is 1. The van der Waals surface area contributed by atoms with Crippen molar-refractivity contribution in [3.05, 3.63) is 23.8 Å². The Bertz CT molecular complexity index is 286. The number of methoxy groups -OCH3 is 1. The van der Waals surface area contributed by atoms with Crippen molar-refractivity contribution in [3.8, 4) is 11.5 Å². The molecule has 72 valence electrons. The maximum absolute atomic E-state index is 9.48. The zero-order chi connectivity index (χ0) is 9.84. The fraction of sp³-hybridized carbons (Fsp3) is 0.400. The van der Waals surface area contributed by atoms with Crippen LogP contribution in [0.4, 0.5) is 0 Å². The monoisotopic (exact) mass is 181 g/mol. The molecule has 2 N–H and O–H groups in total. The summed E-state index contributed by atoms with van der Waals surface area (Å²) in [4.78, 5) is 0. The molecule has 13 heavy (non-hydrogen) atoms. The third-order valence-electron chi connectivity index (χ3n) is 2.13. The Balaban J connectivity index is 3.12. The smallest absolute Gasteiger partial charge is 0.165 e. The van der Waals surface area contributed by atoms with Gasteiger partial charge in [-0.2, -0.15) is 0 Å². The van der Waals surface area contributed by atoms with Gasteiger partial charge in [-0.15, -0.1) is 0 Å². The number of hydrogen-bond acceptors (Lipinski definition) is 3. The minimum atomic E-state index is 0.169. The first-order chi connectivity index (χ1) is 6.20. The fourth-order valence-electron chi connectivity index (χ4n) is 1.26. The van der Waals surface area contributed by atoms with Crippen LogP contribution in [0.5, 0.6) is 11.5 Å². The van der Waals surface area contributed by atoms with Crippen LogP contribution >= 0.6 is 0 Å². The first-order valence-electron chi connectivity index (χ1n) is 4.23. The number of aromatic hydroxyl groups is 1. The molecule has 0 aliphatic heterocycles. The van der Waals surface area contributed by atoms with Gasteiger partial charge in [0, 0.05) is 11.6 Å². The molecule has 1 atom stereocenters. The molecule has 0 radical (unpaired) electrons. The number of nitrogens with one attached hydrogen (secondary N) is 1. The number of phenolic OH excluding ortho intramolecular Hbond substituents is 1. The van der Waals surface area contributed by atoms with Gasteiger partial charge in [0.2, 0.25) is 0 Å². The van der Waals surface area contributed by atoms with Crippen molar-refractivity contribution < 1.29 is 9.84 Å². The largest absolute Gasteiger partial charge is 0.504 e. The van der Waals surface area contributed by atoms with Crippen LogP contribution in [0.25, 0.3) is 0 Å². The summed E-state index contributed by atoms with van der Waals surface area (Å²) in [7, 11) is 3.43. The Kier molecular flexibility index (Phi) is 3.14. The van der Waals surface area contributed by atoms with Crippen LogP contribution in [-0.2, 0) is 0 Å². The van der Waals surface area contributed by atoms with Gasteiger partial charge in [0.1, 0.15) is 0 Å². The minimum absolute atomic E-state index is 0.169. The normalized spacial score (nSPS) is 12.5. The average Bonchev–Trinajstić information content (AvgIpc) is 2.16. The lowest BCUT2D eigenvalue weighted by molar-refractivity contribution is 0.365. The highest BCUT2D eigenvalue weighted by Gasteiger charge is 2.12. The summed E-state index contributed by atoms with van der Waals surface area (Å²) in [6.07, 6.45) is 0. The van der Waals surface area contributed by atoms with Crippen molar-refractivity contribution in [2.75, 3.05) is 14.2 Å². The lowest BCUT2D eigenvalue weighted by Gasteiger charge is -2.15. The number of rotatable bonds is 3. The van der Waals surface area contributed by atoms with E-state index in [1.807, 2.05) is 20.0 Å². The van der Waals surface area contributed by atoms with Gasteiger partial charge in [0.25, 0.3) is 0 Å². The molecule has 1 aromatic carbocycles. The molecular weight excluding hydrogens is 166 g/mol. The van der Waals surface area contributed by atoms with E-state index in [4.69, 9.17) is 4.74 Å². The Morgan fingerprint density at radius 3 is 2.69 bits per heavy atom. The van der Waals surface area contributed by atoms with Crippen LogP contribution in [0.15, 0.2) is 18.2 Å². The van der Waals surface area contributed by atoms with Gasteiger partial charge in [-0.25, -0.2) is 0 Å². The van der Waals surface area contributed by atoms with Crippen molar-refractivity contribution >= 4 is 0 Å². The molecule has 1 unspecified atom stereocenters. The molecule has 1 aromatic rings. The third-order valence-corrected chi connectivity index (χ3v) is 2.13. The Morgan fingerprint density at radius 1 is 1.46 bits per heavy atom. The van der Waals surface area contributed by atoms with Crippen LogP contribution in [0.1, 0.15) is 18.5 Å². The molecule has 0 aliphatic rings. The van der Waals surface area contributed by atoms with Crippen molar-refractivity contribution in [1.82, 2.24) is 5.32 Å². The van der Waals surface area contributed by atoms with Gasteiger partial charge >= 0.3 is 0 Å². The standard InChI is InChI=1S/C10H15NO2/c1-7(11-2)8-5-4-6-9(12)10(8)13-3/h4-7,11-12H,1-3H3. The molecule has 0 saturated heterocycles. The van der Waals surface area contributed by atoms with E-state index in [-0.39, 0.29) is 11.8 Å². The predicted molar refractivity (Wildman–Crippen MR) is 52.1 cm³/mol. The molecule has 0 saturated carbocycles. The molecule has 0 bridgehead atoms. The third kappa shape index (κ3) is 1.92. The van der Waals surface area contributed by atoms with Crippen molar-refractivity contribution in [2.45, 2.75) is 13.0 Å². The Labute approximate surface area is 78.3 Å². The maximum atomic E-state index is 9.48. The summed E-state index contributed by atoms with van der Waals surface area (Å²) in [6, 6.07) is 5.52. The van der Waals surface area contributed by atoms with E-state index in [0.29, 0.717) is 5.75 Å². The van der Waals surface area contributed by atoms with E-state index in [0.717, 1.165) is 5.56 Å². The van der Waals surface area contributed by atoms with Crippen LogP contribution < -0.4 is 10.1 Å². The van der Waals surface area contributed by atoms with E-state index in [2.05, 4.69) is 5.32 Å². The molecular formula is C10H15NO2. The van der Waals surface area contributed by atoms with E-state index >= 15 is 0 Å². The summed E-state index contributed by atoms with van der Waals surface area (Å²) in [5.41, 5.74) is 0.963. The van der Waals surface area contributed by atoms with E-state index < -0.39 is 0 Å². The van der Waals surface area contributed by atoms with Gasteiger partial charge in [-0.1, -0.05) is 12.1 Å². The van der Waals surface area contributed by atoms with Crippen molar-refractivity contribution in [3.63, 3.8) is 0 Å². The fourth-order valence-corrected chi connectivity index (χ4v) is 1.26. The number of phenols is 1. The molecule has 0 heterocycles. The molecule has 3 nitrogen and oxygen atoms in total. The average molecular weight is 181 g/mol. The van der Waals surface area contributed by atoms with Crippen LogP contribution in [0, 0.1) is 0 Å². The zero-order valence-corrected chi connectivity index (χ0v) is 8.16. The topological polar surface area (TPSA) is 41.5 Å². The van der Waals surface area contributed by atoms with E-state index in [1.165, 1.54) is 0 Å². The first-order valence-corrected chi connectivity index (χ1v) is 4.23. The highest BCUT2D eigenvalue weighted by Crippen LogP contribution is 2.33. The number of ether oxygens (including phenoxy) is 1. The van der Waals surface area contributed by atoms with Gasteiger partial charge in [0.15, 0.2) is 11.5 Å². The number of hydrogen-bond donors (Lipinski definition) is 2. The highest BCUT2D eigenvalue weighted by atomic mass is 16.5. The van der Waals surface area contributed by atoms with Crippen LogP contribution in [-0.4, -0.2) is 19.3 Å². The summed E-state index contributed by atoms with van der Waals surface area (Å²) >= 11 is 0. The quantitative estimate of drug-likeness (QED) is 0.745. The summed E-state index contributed by atoms with van der Waals surface area (Å²) in [5.74, 6) is 0.728. The van der Waals surface area contributed by atoms with E-state index in [1.54, 1.807) is 19.2 Å². The summed E-state index contributed by atoms with van der Waals surface area (Å²) in [6.45, 7) is 2.01. The van der Waals surface area contributed by atoms with Crippen LogP contribution in [0.3, 0.4) is 0 Å². The molecule has 0 aromatic heterocycles. The molecule has 1 rings (SSSR count).